The number of H-pyrrole nitrogens is 1. The van der Waals surface area contributed by atoms with Crippen LogP contribution in [0.4, 0.5) is 4.39 Å². The minimum atomic E-state index is -1.02. The summed E-state index contributed by atoms with van der Waals surface area (Å²) in [7, 11) is 0. The van der Waals surface area contributed by atoms with Crippen molar-refractivity contribution in [2.75, 3.05) is 13.1 Å². The van der Waals surface area contributed by atoms with Crippen LogP contribution in [0.1, 0.15) is 11.4 Å². The van der Waals surface area contributed by atoms with Crippen molar-refractivity contribution in [3.63, 3.8) is 0 Å². The summed E-state index contributed by atoms with van der Waals surface area (Å²) >= 11 is 0. The molecule has 142 valence electrons. The lowest BCUT2D eigenvalue weighted by molar-refractivity contribution is 0.00864. The number of hydrogen-bond acceptors (Lipinski definition) is 5. The van der Waals surface area contributed by atoms with Crippen molar-refractivity contribution in [1.29, 1.82) is 0 Å². The highest BCUT2D eigenvalue weighted by molar-refractivity contribution is 5.81. The molecule has 2 unspecified atom stereocenters. The maximum Gasteiger partial charge on any atom is 0.177 e. The number of hydrogen-bond donors (Lipinski definition) is 1. The summed E-state index contributed by atoms with van der Waals surface area (Å²) in [4.78, 5) is 18.2. The van der Waals surface area contributed by atoms with Crippen molar-refractivity contribution in [2.24, 2.45) is 0 Å². The lowest BCUT2D eigenvalue weighted by Gasteiger charge is -2.16. The molecule has 2 atom stereocenters. The van der Waals surface area contributed by atoms with Crippen LogP contribution in [-0.2, 0) is 17.9 Å². The van der Waals surface area contributed by atoms with E-state index in [2.05, 4.69) is 30.9 Å². The van der Waals surface area contributed by atoms with Crippen LogP contribution in [-0.4, -0.2) is 50.2 Å². The molecule has 6 nitrogen and oxygen atoms in total. The van der Waals surface area contributed by atoms with Crippen LogP contribution in [0.5, 0.6) is 0 Å². The van der Waals surface area contributed by atoms with Crippen molar-refractivity contribution in [2.45, 2.75) is 25.4 Å². The van der Waals surface area contributed by atoms with Crippen molar-refractivity contribution < 1.29 is 9.13 Å². The number of pyridine rings is 2. The Morgan fingerprint density at radius 2 is 2.00 bits per heavy atom. The smallest absolute Gasteiger partial charge is 0.177 e. The average Bonchev–Trinajstić information content (AvgIpc) is 3.29. The lowest BCUT2D eigenvalue weighted by atomic mass is 10.1. The molecule has 0 radical (unpaired) electrons. The topological polar surface area (TPSA) is 66.9 Å². The number of rotatable bonds is 5. The molecule has 28 heavy (non-hydrogen) atoms. The zero-order chi connectivity index (χ0) is 18.9. The minimum absolute atomic E-state index is 0.244. The van der Waals surface area contributed by atoms with Crippen molar-refractivity contribution in [1.82, 2.24) is 24.8 Å². The van der Waals surface area contributed by atoms with Gasteiger partial charge in [-0.3, -0.25) is 9.88 Å². The van der Waals surface area contributed by atoms with Gasteiger partial charge in [-0.15, -0.1) is 0 Å². The number of likely N-dealkylation sites (tertiary alicyclic amines) is 1. The van der Waals surface area contributed by atoms with E-state index in [-0.39, 0.29) is 6.61 Å². The van der Waals surface area contributed by atoms with E-state index < -0.39 is 12.3 Å². The molecule has 5 rings (SSSR count). The quantitative estimate of drug-likeness (QED) is 0.578. The number of aromatic nitrogens is 4. The van der Waals surface area contributed by atoms with E-state index in [9.17, 15) is 4.39 Å². The van der Waals surface area contributed by atoms with Gasteiger partial charge in [0, 0.05) is 37.4 Å². The van der Waals surface area contributed by atoms with Crippen LogP contribution in [0.3, 0.4) is 0 Å². The predicted molar refractivity (Wildman–Crippen MR) is 104 cm³/mol. The first-order chi connectivity index (χ1) is 13.8. The summed E-state index contributed by atoms with van der Waals surface area (Å²) < 4.78 is 20.4. The van der Waals surface area contributed by atoms with E-state index in [4.69, 9.17) is 4.74 Å². The van der Waals surface area contributed by atoms with Gasteiger partial charge in [-0.1, -0.05) is 18.2 Å². The third-order valence-electron chi connectivity index (χ3n) is 5.15. The zero-order valence-electron chi connectivity index (χ0n) is 15.3. The largest absolute Gasteiger partial charge is 0.366 e. The fraction of sp³-hybridized carbons (Fsp3) is 0.286. The number of nitrogens with one attached hydrogen (secondary N) is 1. The molecule has 1 fully saturated rings. The summed E-state index contributed by atoms with van der Waals surface area (Å²) in [5, 5.41) is 1.11. The summed E-state index contributed by atoms with van der Waals surface area (Å²) in [6, 6.07) is 13.8. The van der Waals surface area contributed by atoms with Gasteiger partial charge in [0.25, 0.3) is 0 Å². The molecule has 1 aliphatic rings. The van der Waals surface area contributed by atoms with E-state index in [1.165, 1.54) is 0 Å². The van der Waals surface area contributed by atoms with Crippen LogP contribution < -0.4 is 0 Å². The van der Waals surface area contributed by atoms with Crippen LogP contribution in [0.15, 0.2) is 54.9 Å². The van der Waals surface area contributed by atoms with Gasteiger partial charge in [0.15, 0.2) is 5.65 Å². The summed E-state index contributed by atoms with van der Waals surface area (Å²) in [5.41, 5.74) is 3.62. The highest BCUT2D eigenvalue weighted by Gasteiger charge is 2.34. The van der Waals surface area contributed by atoms with Crippen molar-refractivity contribution in [3.05, 3.63) is 66.2 Å². The third kappa shape index (κ3) is 3.34. The van der Waals surface area contributed by atoms with Gasteiger partial charge in [0.1, 0.15) is 24.7 Å². The standard InChI is InChI=1S/C21H20FN5O/c22-16-11-27(10-14-7-9-23-17-5-2-1-4-15(14)17)12-19(16)28-13-20-25-18-6-3-8-24-21(18)26-20/h1-9,16,19H,10-13H2,(H,24,25,26). The number of benzene rings is 1. The number of aromatic amines is 1. The van der Waals surface area contributed by atoms with Crippen LogP contribution >= 0.6 is 0 Å². The first kappa shape index (κ1) is 17.2. The summed E-state index contributed by atoms with van der Waals surface area (Å²) in [6.07, 6.45) is 2.03. The second-order valence-electron chi connectivity index (χ2n) is 7.10. The maximum absolute atomic E-state index is 14.5. The van der Waals surface area contributed by atoms with E-state index in [0.29, 0.717) is 31.1 Å². The Bertz CT molecular complexity index is 1080. The van der Waals surface area contributed by atoms with Gasteiger partial charge in [0.2, 0.25) is 0 Å². The molecule has 4 aromatic rings. The number of nitrogens with zero attached hydrogens (tertiary/aromatic N) is 4. The molecule has 3 aromatic heterocycles. The summed E-state index contributed by atoms with van der Waals surface area (Å²) in [5.74, 6) is 0.666. The van der Waals surface area contributed by atoms with Gasteiger partial charge >= 0.3 is 0 Å². The summed E-state index contributed by atoms with van der Waals surface area (Å²) in [6.45, 7) is 1.84. The molecule has 0 amide bonds. The molecule has 7 heteroatoms. The molecule has 1 saturated heterocycles. The number of imidazole rings is 1. The molecule has 0 bridgehead atoms. The van der Waals surface area contributed by atoms with Gasteiger partial charge in [-0.25, -0.2) is 14.4 Å². The Morgan fingerprint density at radius 1 is 1.07 bits per heavy atom. The number of ether oxygens (including phenoxy) is 1. The number of para-hydroxylation sites is 1. The first-order valence-electron chi connectivity index (χ1n) is 9.36. The van der Waals surface area contributed by atoms with Crippen molar-refractivity contribution in [3.8, 4) is 0 Å². The van der Waals surface area contributed by atoms with Gasteiger partial charge in [-0.05, 0) is 29.8 Å². The highest BCUT2D eigenvalue weighted by Crippen LogP contribution is 2.23. The molecule has 0 saturated carbocycles. The second-order valence-corrected chi connectivity index (χ2v) is 7.10. The number of fused-ring (bicyclic) bond motifs is 2. The second kappa shape index (κ2) is 7.26. The Hall–Kier alpha value is -2.90. The maximum atomic E-state index is 14.5. The van der Waals surface area contributed by atoms with Gasteiger partial charge in [-0.2, -0.15) is 0 Å². The van der Waals surface area contributed by atoms with E-state index in [1.54, 1.807) is 6.20 Å². The Balaban J connectivity index is 1.24. The SMILES string of the molecule is FC1CN(Cc2ccnc3ccccc23)CC1OCc1nc2ncccc2[nH]1. The van der Waals surface area contributed by atoms with Crippen LogP contribution in [0.25, 0.3) is 22.1 Å². The van der Waals surface area contributed by atoms with E-state index in [0.717, 1.165) is 22.0 Å². The molecule has 4 heterocycles. The first-order valence-corrected chi connectivity index (χ1v) is 9.36. The third-order valence-corrected chi connectivity index (χ3v) is 5.15. The molecule has 1 aromatic carbocycles. The molecular weight excluding hydrogens is 357 g/mol. The monoisotopic (exact) mass is 377 g/mol. The fourth-order valence-corrected chi connectivity index (χ4v) is 3.78. The molecule has 0 aliphatic carbocycles. The predicted octanol–water partition coefficient (Wildman–Crippen LogP) is 3.25. The lowest BCUT2D eigenvalue weighted by Crippen LogP contribution is -2.24. The highest BCUT2D eigenvalue weighted by atomic mass is 19.1. The zero-order valence-corrected chi connectivity index (χ0v) is 15.3. The molecule has 1 aliphatic heterocycles. The van der Waals surface area contributed by atoms with Crippen molar-refractivity contribution >= 4 is 22.1 Å². The molecule has 0 spiro atoms. The average molecular weight is 377 g/mol. The van der Waals surface area contributed by atoms with E-state index >= 15 is 0 Å². The Morgan fingerprint density at radius 3 is 2.93 bits per heavy atom. The van der Waals surface area contributed by atoms with Gasteiger partial charge < -0.3 is 9.72 Å². The normalized spacial score (nSPS) is 20.3. The Kier molecular flexibility index (Phi) is 4.46. The molecular formula is C21H20FN5O. The number of alkyl halides is 1. The Labute approximate surface area is 161 Å². The van der Waals surface area contributed by atoms with Gasteiger partial charge in [0.05, 0.1) is 11.0 Å². The van der Waals surface area contributed by atoms with E-state index in [1.807, 2.05) is 42.6 Å². The van der Waals surface area contributed by atoms with Crippen LogP contribution in [0.2, 0.25) is 0 Å². The number of halogens is 1. The fourth-order valence-electron chi connectivity index (χ4n) is 3.78. The van der Waals surface area contributed by atoms with Crippen LogP contribution in [0, 0.1) is 0 Å². The minimum Gasteiger partial charge on any atom is -0.366 e. The molecule has 1 N–H and O–H groups in total.